The lowest BCUT2D eigenvalue weighted by Gasteiger charge is -2.05. The summed E-state index contributed by atoms with van der Waals surface area (Å²) in [5, 5.41) is 1.92. The molecule has 0 bridgehead atoms. The molecule has 1 nitrogen and oxygen atoms in total. The molecular formula is C17H11O. The summed E-state index contributed by atoms with van der Waals surface area (Å²) in [6.07, 6.45) is 0. The fourth-order valence-electron chi connectivity index (χ4n) is 2.09. The standard InChI is InChI=1S/C17H11O/c18-17(14-8-2-1-3-9-14)16-12-6-10-13-7-4-5-11-15(13)16/h1-9,11-12H. The highest BCUT2D eigenvalue weighted by Crippen LogP contribution is 2.20. The van der Waals surface area contributed by atoms with Gasteiger partial charge in [0.05, 0.1) is 0 Å². The van der Waals surface area contributed by atoms with Crippen molar-refractivity contribution in [2.24, 2.45) is 0 Å². The minimum atomic E-state index is 0.0563. The number of carbonyl (C=O) groups excluding carboxylic acids is 1. The van der Waals surface area contributed by atoms with E-state index in [0.29, 0.717) is 5.56 Å². The molecule has 3 rings (SSSR count). The van der Waals surface area contributed by atoms with Crippen LogP contribution in [0.5, 0.6) is 0 Å². The van der Waals surface area contributed by atoms with Crippen molar-refractivity contribution < 1.29 is 4.79 Å². The molecule has 0 aliphatic rings. The SMILES string of the molecule is O=C(c1ccccc1)c1cc[c]c2ccccc12. The van der Waals surface area contributed by atoms with Crippen molar-refractivity contribution in [3.05, 3.63) is 83.9 Å². The third-order valence-electron chi connectivity index (χ3n) is 2.99. The van der Waals surface area contributed by atoms with E-state index in [-0.39, 0.29) is 5.78 Å². The molecule has 0 aliphatic carbocycles. The lowest BCUT2D eigenvalue weighted by Crippen LogP contribution is -2.01. The van der Waals surface area contributed by atoms with E-state index in [4.69, 9.17) is 0 Å². The van der Waals surface area contributed by atoms with Crippen molar-refractivity contribution >= 4 is 16.6 Å². The van der Waals surface area contributed by atoms with Gasteiger partial charge in [-0.15, -0.1) is 0 Å². The number of ketones is 1. The highest BCUT2D eigenvalue weighted by Gasteiger charge is 2.11. The highest BCUT2D eigenvalue weighted by atomic mass is 16.1. The molecule has 18 heavy (non-hydrogen) atoms. The second kappa shape index (κ2) is 4.46. The first kappa shape index (κ1) is 10.7. The van der Waals surface area contributed by atoms with Crippen molar-refractivity contribution in [3.63, 3.8) is 0 Å². The van der Waals surface area contributed by atoms with Gasteiger partial charge in [0, 0.05) is 11.1 Å². The predicted molar refractivity (Wildman–Crippen MR) is 72.7 cm³/mol. The zero-order valence-corrected chi connectivity index (χ0v) is 9.76. The quantitative estimate of drug-likeness (QED) is 0.612. The zero-order chi connectivity index (χ0) is 12.4. The fraction of sp³-hybridized carbons (Fsp3) is 0. The van der Waals surface area contributed by atoms with Crippen LogP contribution >= 0.6 is 0 Å². The van der Waals surface area contributed by atoms with Gasteiger partial charge >= 0.3 is 0 Å². The van der Waals surface area contributed by atoms with Crippen LogP contribution in [0.3, 0.4) is 0 Å². The van der Waals surface area contributed by atoms with Crippen LogP contribution in [0.4, 0.5) is 0 Å². The summed E-state index contributed by atoms with van der Waals surface area (Å²) in [5.41, 5.74) is 1.45. The van der Waals surface area contributed by atoms with Crippen molar-refractivity contribution in [2.75, 3.05) is 0 Å². The topological polar surface area (TPSA) is 17.1 Å². The second-order valence-electron chi connectivity index (χ2n) is 4.13. The molecular weight excluding hydrogens is 220 g/mol. The van der Waals surface area contributed by atoms with Crippen molar-refractivity contribution in [1.29, 1.82) is 0 Å². The van der Waals surface area contributed by atoms with Gasteiger partial charge in [0.15, 0.2) is 5.78 Å². The van der Waals surface area contributed by atoms with Gasteiger partial charge in [-0.05, 0) is 22.9 Å². The monoisotopic (exact) mass is 231 g/mol. The fourth-order valence-corrected chi connectivity index (χ4v) is 2.09. The van der Waals surface area contributed by atoms with Crippen LogP contribution in [0.2, 0.25) is 0 Å². The summed E-state index contributed by atoms with van der Waals surface area (Å²) in [7, 11) is 0. The van der Waals surface area contributed by atoms with Crippen LogP contribution in [-0.4, -0.2) is 5.78 Å². The molecule has 0 saturated carbocycles. The van der Waals surface area contributed by atoms with Gasteiger partial charge in [-0.1, -0.05) is 60.7 Å². The van der Waals surface area contributed by atoms with Crippen LogP contribution < -0.4 is 0 Å². The predicted octanol–water partition coefficient (Wildman–Crippen LogP) is 3.87. The normalized spacial score (nSPS) is 10.4. The van der Waals surface area contributed by atoms with Crippen LogP contribution in [-0.2, 0) is 0 Å². The Bertz CT molecular complexity index is 694. The first-order valence-corrected chi connectivity index (χ1v) is 5.85. The Kier molecular flexibility index (Phi) is 2.66. The molecule has 0 aromatic heterocycles. The van der Waals surface area contributed by atoms with Gasteiger partial charge in [-0.25, -0.2) is 0 Å². The number of hydrogen-bond acceptors (Lipinski definition) is 1. The number of benzene rings is 3. The molecule has 0 atom stereocenters. The molecule has 3 aromatic rings. The number of carbonyl (C=O) groups is 1. The minimum Gasteiger partial charge on any atom is -0.289 e. The average Bonchev–Trinajstić information content (AvgIpc) is 2.47. The molecule has 1 heteroatoms. The van der Waals surface area contributed by atoms with E-state index < -0.39 is 0 Å². The molecule has 3 aromatic carbocycles. The Morgan fingerprint density at radius 3 is 2.39 bits per heavy atom. The van der Waals surface area contributed by atoms with E-state index in [1.165, 1.54) is 0 Å². The van der Waals surface area contributed by atoms with E-state index in [9.17, 15) is 4.79 Å². The Labute approximate surface area is 106 Å². The van der Waals surface area contributed by atoms with E-state index in [1.54, 1.807) is 6.07 Å². The Balaban J connectivity index is 2.18. The van der Waals surface area contributed by atoms with Gasteiger partial charge in [-0.2, -0.15) is 0 Å². The van der Waals surface area contributed by atoms with Gasteiger partial charge in [0.2, 0.25) is 0 Å². The van der Waals surface area contributed by atoms with E-state index in [2.05, 4.69) is 6.07 Å². The number of fused-ring (bicyclic) bond motifs is 1. The van der Waals surface area contributed by atoms with E-state index >= 15 is 0 Å². The molecule has 0 aliphatic heterocycles. The van der Waals surface area contributed by atoms with Gasteiger partial charge in [-0.3, -0.25) is 4.79 Å². The maximum atomic E-state index is 12.4. The summed E-state index contributed by atoms with van der Waals surface area (Å²) < 4.78 is 0. The van der Waals surface area contributed by atoms with Gasteiger partial charge in [0.1, 0.15) is 0 Å². The summed E-state index contributed by atoms with van der Waals surface area (Å²) in [6.45, 7) is 0. The molecule has 0 amide bonds. The molecule has 0 fully saturated rings. The first-order valence-electron chi connectivity index (χ1n) is 5.85. The molecule has 0 N–H and O–H groups in total. The van der Waals surface area contributed by atoms with Crippen molar-refractivity contribution in [2.45, 2.75) is 0 Å². The summed E-state index contributed by atoms with van der Waals surface area (Å²) in [5.74, 6) is 0.0563. The van der Waals surface area contributed by atoms with Crippen LogP contribution in [0.15, 0.2) is 66.7 Å². The lowest BCUT2D eigenvalue weighted by atomic mass is 9.97. The molecule has 0 unspecified atom stereocenters. The van der Waals surface area contributed by atoms with E-state index in [1.807, 2.05) is 60.7 Å². The molecule has 0 saturated heterocycles. The summed E-state index contributed by atoms with van der Waals surface area (Å²) >= 11 is 0. The largest absolute Gasteiger partial charge is 0.289 e. The number of hydrogen-bond donors (Lipinski definition) is 0. The van der Waals surface area contributed by atoms with Crippen molar-refractivity contribution in [3.8, 4) is 0 Å². The summed E-state index contributed by atoms with van der Waals surface area (Å²) in [6, 6.07) is 24.0. The zero-order valence-electron chi connectivity index (χ0n) is 9.76. The third kappa shape index (κ3) is 1.80. The van der Waals surface area contributed by atoms with Crippen LogP contribution in [0.25, 0.3) is 10.8 Å². The van der Waals surface area contributed by atoms with Gasteiger partial charge < -0.3 is 0 Å². The summed E-state index contributed by atoms with van der Waals surface area (Å²) in [4.78, 5) is 12.4. The molecule has 0 heterocycles. The molecule has 1 radical (unpaired) electrons. The van der Waals surface area contributed by atoms with Gasteiger partial charge in [0.25, 0.3) is 0 Å². The minimum absolute atomic E-state index is 0.0563. The molecule has 0 spiro atoms. The van der Waals surface area contributed by atoms with Crippen molar-refractivity contribution in [1.82, 2.24) is 0 Å². The van der Waals surface area contributed by atoms with Crippen LogP contribution in [0, 0.1) is 6.07 Å². The maximum absolute atomic E-state index is 12.4. The third-order valence-corrected chi connectivity index (χ3v) is 2.99. The Morgan fingerprint density at radius 2 is 1.56 bits per heavy atom. The smallest absolute Gasteiger partial charge is 0.193 e. The maximum Gasteiger partial charge on any atom is 0.193 e. The second-order valence-corrected chi connectivity index (χ2v) is 4.13. The first-order chi connectivity index (χ1) is 8.86. The molecule has 85 valence electrons. The average molecular weight is 231 g/mol. The highest BCUT2D eigenvalue weighted by molar-refractivity contribution is 6.16. The Morgan fingerprint density at radius 1 is 0.833 bits per heavy atom. The number of rotatable bonds is 2. The van der Waals surface area contributed by atoms with Crippen LogP contribution in [0.1, 0.15) is 15.9 Å². The van der Waals surface area contributed by atoms with E-state index in [0.717, 1.165) is 16.3 Å². The Hall–Kier alpha value is -2.41. The lowest BCUT2D eigenvalue weighted by molar-refractivity contribution is 0.104.